The van der Waals surface area contributed by atoms with E-state index in [0.29, 0.717) is 0 Å². The fourth-order valence-corrected chi connectivity index (χ4v) is 2.63. The van der Waals surface area contributed by atoms with Gasteiger partial charge in [-0.15, -0.1) is 0 Å². The molecule has 3 rings (SSSR count). The third kappa shape index (κ3) is 2.34. The van der Waals surface area contributed by atoms with Crippen LogP contribution in [-0.2, 0) is 6.42 Å². The lowest BCUT2D eigenvalue weighted by Gasteiger charge is -2.16. The molecule has 0 radical (unpaired) electrons. The van der Waals surface area contributed by atoms with Crippen molar-refractivity contribution in [2.75, 3.05) is 13.6 Å². The van der Waals surface area contributed by atoms with Gasteiger partial charge < -0.3 is 10.1 Å². The SMILES string of the molecule is CNC[C@@H]1Cc2ccccc2Oc2ccc(F)cc21. The van der Waals surface area contributed by atoms with Crippen molar-refractivity contribution in [1.29, 1.82) is 0 Å². The molecule has 2 nitrogen and oxygen atoms in total. The van der Waals surface area contributed by atoms with E-state index in [1.807, 2.05) is 25.2 Å². The second kappa shape index (κ2) is 5.02. The predicted octanol–water partition coefficient (Wildman–Crippen LogP) is 3.48. The molecule has 0 fully saturated rings. The molecule has 0 saturated heterocycles. The average molecular weight is 257 g/mol. The minimum Gasteiger partial charge on any atom is -0.457 e. The van der Waals surface area contributed by atoms with Crippen molar-refractivity contribution in [2.45, 2.75) is 12.3 Å². The van der Waals surface area contributed by atoms with Crippen LogP contribution in [0, 0.1) is 5.82 Å². The number of nitrogens with one attached hydrogen (secondary N) is 1. The quantitative estimate of drug-likeness (QED) is 0.889. The number of fused-ring (bicyclic) bond motifs is 2. The second-order valence-corrected chi connectivity index (χ2v) is 4.85. The molecule has 0 amide bonds. The summed E-state index contributed by atoms with van der Waals surface area (Å²) >= 11 is 0. The summed E-state index contributed by atoms with van der Waals surface area (Å²) in [6.45, 7) is 0.800. The van der Waals surface area contributed by atoms with Crippen LogP contribution in [0.3, 0.4) is 0 Å². The van der Waals surface area contributed by atoms with Crippen molar-refractivity contribution in [2.24, 2.45) is 0 Å². The molecule has 98 valence electrons. The lowest BCUT2D eigenvalue weighted by Crippen LogP contribution is -2.18. The Bertz CT molecular complexity index is 597. The van der Waals surface area contributed by atoms with E-state index >= 15 is 0 Å². The van der Waals surface area contributed by atoms with Gasteiger partial charge >= 0.3 is 0 Å². The maximum Gasteiger partial charge on any atom is 0.131 e. The highest BCUT2D eigenvalue weighted by molar-refractivity contribution is 5.47. The van der Waals surface area contributed by atoms with Crippen LogP contribution < -0.4 is 10.1 Å². The highest BCUT2D eigenvalue weighted by Crippen LogP contribution is 2.39. The normalized spacial score (nSPS) is 17.1. The maximum atomic E-state index is 13.5. The van der Waals surface area contributed by atoms with Crippen LogP contribution in [0.2, 0.25) is 0 Å². The molecule has 0 aromatic heterocycles. The Kier molecular flexibility index (Phi) is 3.22. The van der Waals surface area contributed by atoms with E-state index in [2.05, 4.69) is 11.4 Å². The highest BCUT2D eigenvalue weighted by Gasteiger charge is 2.23. The van der Waals surface area contributed by atoms with Crippen LogP contribution in [0.15, 0.2) is 42.5 Å². The molecule has 1 heterocycles. The van der Waals surface area contributed by atoms with Crippen molar-refractivity contribution >= 4 is 0 Å². The van der Waals surface area contributed by atoms with E-state index < -0.39 is 0 Å². The van der Waals surface area contributed by atoms with E-state index in [-0.39, 0.29) is 11.7 Å². The van der Waals surface area contributed by atoms with Gasteiger partial charge in [-0.1, -0.05) is 18.2 Å². The summed E-state index contributed by atoms with van der Waals surface area (Å²) in [5, 5.41) is 3.18. The topological polar surface area (TPSA) is 21.3 Å². The minimum atomic E-state index is -0.214. The van der Waals surface area contributed by atoms with Crippen molar-refractivity contribution in [3.63, 3.8) is 0 Å². The molecule has 0 saturated carbocycles. The highest BCUT2D eigenvalue weighted by atomic mass is 19.1. The Morgan fingerprint density at radius 1 is 1.21 bits per heavy atom. The lowest BCUT2D eigenvalue weighted by molar-refractivity contribution is 0.475. The number of hydrogen-bond acceptors (Lipinski definition) is 2. The molecule has 0 unspecified atom stereocenters. The zero-order valence-corrected chi connectivity index (χ0v) is 10.8. The molecule has 1 aliphatic heterocycles. The maximum absolute atomic E-state index is 13.5. The summed E-state index contributed by atoms with van der Waals surface area (Å²) in [5.74, 6) is 1.63. The Balaban J connectivity index is 2.10. The van der Waals surface area contributed by atoms with Gasteiger partial charge in [0.25, 0.3) is 0 Å². The van der Waals surface area contributed by atoms with Gasteiger partial charge in [0.15, 0.2) is 0 Å². The van der Waals surface area contributed by atoms with Crippen LogP contribution in [-0.4, -0.2) is 13.6 Å². The van der Waals surface area contributed by atoms with E-state index in [9.17, 15) is 4.39 Å². The first kappa shape index (κ1) is 12.2. The fraction of sp³-hybridized carbons (Fsp3) is 0.250. The fourth-order valence-electron chi connectivity index (χ4n) is 2.63. The summed E-state index contributed by atoms with van der Waals surface area (Å²) in [4.78, 5) is 0. The third-order valence-corrected chi connectivity index (χ3v) is 3.52. The van der Waals surface area contributed by atoms with Crippen molar-refractivity contribution < 1.29 is 9.13 Å². The van der Waals surface area contributed by atoms with Gasteiger partial charge in [0.05, 0.1) is 0 Å². The van der Waals surface area contributed by atoms with Gasteiger partial charge in [-0.05, 0) is 43.3 Å². The number of halogens is 1. The molecule has 1 aliphatic rings. The number of rotatable bonds is 2. The molecule has 0 aliphatic carbocycles. The molecular weight excluding hydrogens is 241 g/mol. The first-order valence-corrected chi connectivity index (χ1v) is 6.47. The lowest BCUT2D eigenvalue weighted by atomic mass is 9.92. The van der Waals surface area contributed by atoms with Gasteiger partial charge in [0.2, 0.25) is 0 Å². The zero-order chi connectivity index (χ0) is 13.2. The summed E-state index contributed by atoms with van der Waals surface area (Å²) in [6.07, 6.45) is 0.855. The average Bonchev–Trinajstić information content (AvgIpc) is 2.56. The van der Waals surface area contributed by atoms with Crippen LogP contribution >= 0.6 is 0 Å². The third-order valence-electron chi connectivity index (χ3n) is 3.52. The Hall–Kier alpha value is -1.87. The zero-order valence-electron chi connectivity index (χ0n) is 10.8. The molecule has 0 bridgehead atoms. The predicted molar refractivity (Wildman–Crippen MR) is 73.3 cm³/mol. The van der Waals surface area contributed by atoms with Crippen LogP contribution in [0.4, 0.5) is 4.39 Å². The summed E-state index contributed by atoms with van der Waals surface area (Å²) in [5.41, 5.74) is 2.10. The monoisotopic (exact) mass is 257 g/mol. The molecule has 3 heteroatoms. The first-order valence-electron chi connectivity index (χ1n) is 6.47. The Morgan fingerprint density at radius 2 is 2.05 bits per heavy atom. The number of likely N-dealkylation sites (N-methyl/N-ethyl adjacent to an activating group) is 1. The van der Waals surface area contributed by atoms with Crippen LogP contribution in [0.5, 0.6) is 11.5 Å². The van der Waals surface area contributed by atoms with Gasteiger partial charge in [-0.2, -0.15) is 0 Å². The molecule has 0 spiro atoms. The number of benzene rings is 2. The van der Waals surface area contributed by atoms with Crippen LogP contribution in [0.1, 0.15) is 17.0 Å². The number of ether oxygens (including phenoxy) is 1. The number of para-hydroxylation sites is 1. The molecule has 2 aromatic rings. The molecular formula is C16H16FNO. The van der Waals surface area contributed by atoms with Gasteiger partial charge in [-0.3, -0.25) is 0 Å². The molecule has 2 aromatic carbocycles. The van der Waals surface area contributed by atoms with E-state index in [1.54, 1.807) is 12.1 Å². The Morgan fingerprint density at radius 3 is 2.89 bits per heavy atom. The van der Waals surface area contributed by atoms with E-state index in [1.165, 1.54) is 11.6 Å². The van der Waals surface area contributed by atoms with E-state index in [4.69, 9.17) is 4.74 Å². The van der Waals surface area contributed by atoms with Crippen molar-refractivity contribution in [1.82, 2.24) is 5.32 Å². The van der Waals surface area contributed by atoms with Gasteiger partial charge in [0, 0.05) is 18.0 Å². The molecule has 1 N–H and O–H groups in total. The first-order chi connectivity index (χ1) is 9.28. The van der Waals surface area contributed by atoms with Crippen molar-refractivity contribution in [3.8, 4) is 11.5 Å². The Labute approximate surface area is 112 Å². The summed E-state index contributed by atoms with van der Waals surface area (Å²) < 4.78 is 19.4. The molecule has 19 heavy (non-hydrogen) atoms. The minimum absolute atomic E-state index is 0.214. The van der Waals surface area contributed by atoms with Gasteiger partial charge in [0.1, 0.15) is 17.3 Å². The van der Waals surface area contributed by atoms with Crippen LogP contribution in [0.25, 0.3) is 0 Å². The standard InChI is InChI=1S/C16H16FNO/c1-18-10-12-8-11-4-2-3-5-15(11)19-16-7-6-13(17)9-14(12)16/h2-7,9,12,18H,8,10H2,1H3/t12-/m0/s1. The summed E-state index contributed by atoms with van der Waals surface area (Å²) in [6, 6.07) is 12.8. The number of hydrogen-bond donors (Lipinski definition) is 1. The summed E-state index contributed by atoms with van der Waals surface area (Å²) in [7, 11) is 1.91. The largest absolute Gasteiger partial charge is 0.457 e. The molecule has 1 atom stereocenters. The van der Waals surface area contributed by atoms with E-state index in [0.717, 1.165) is 30.0 Å². The second-order valence-electron chi connectivity index (χ2n) is 4.85. The smallest absolute Gasteiger partial charge is 0.131 e. The van der Waals surface area contributed by atoms with Crippen molar-refractivity contribution in [3.05, 3.63) is 59.4 Å². The van der Waals surface area contributed by atoms with Gasteiger partial charge in [-0.25, -0.2) is 4.39 Å².